The second-order valence-electron chi connectivity index (χ2n) is 3.38. The van der Waals surface area contributed by atoms with Gasteiger partial charge in [-0.1, -0.05) is 6.07 Å². The fourth-order valence-corrected chi connectivity index (χ4v) is 2.80. The predicted octanol–water partition coefficient (Wildman–Crippen LogP) is 3.80. The van der Waals surface area contributed by atoms with Gasteiger partial charge in [0, 0.05) is 12.2 Å². The molecule has 0 aromatic carbocycles. The van der Waals surface area contributed by atoms with E-state index in [0.29, 0.717) is 6.04 Å². The van der Waals surface area contributed by atoms with Crippen molar-refractivity contribution in [2.24, 2.45) is 0 Å². The SMILES string of the molecule is CC(C)n1cc(I)c(-c2cccs2)n1. The molecule has 2 aromatic rings. The van der Waals surface area contributed by atoms with E-state index in [-0.39, 0.29) is 0 Å². The number of nitrogens with zero attached hydrogens (tertiary/aromatic N) is 2. The average Bonchev–Trinajstić information content (AvgIpc) is 2.71. The van der Waals surface area contributed by atoms with Gasteiger partial charge in [-0.15, -0.1) is 11.3 Å². The molecule has 0 N–H and O–H groups in total. The number of aromatic nitrogens is 2. The van der Waals surface area contributed by atoms with E-state index < -0.39 is 0 Å². The molecule has 0 bridgehead atoms. The van der Waals surface area contributed by atoms with Gasteiger partial charge in [0.2, 0.25) is 0 Å². The summed E-state index contributed by atoms with van der Waals surface area (Å²) >= 11 is 4.07. The van der Waals surface area contributed by atoms with Crippen LogP contribution in [0.25, 0.3) is 10.6 Å². The smallest absolute Gasteiger partial charge is 0.116 e. The van der Waals surface area contributed by atoms with Crippen molar-refractivity contribution in [2.75, 3.05) is 0 Å². The summed E-state index contributed by atoms with van der Waals surface area (Å²) in [7, 11) is 0. The molecule has 0 aliphatic heterocycles. The van der Waals surface area contributed by atoms with Gasteiger partial charge in [-0.2, -0.15) is 5.10 Å². The van der Waals surface area contributed by atoms with Gasteiger partial charge in [-0.25, -0.2) is 0 Å². The zero-order valence-corrected chi connectivity index (χ0v) is 11.0. The molecule has 0 spiro atoms. The van der Waals surface area contributed by atoms with Gasteiger partial charge in [0.15, 0.2) is 0 Å². The summed E-state index contributed by atoms with van der Waals surface area (Å²) in [4.78, 5) is 1.24. The van der Waals surface area contributed by atoms with Gasteiger partial charge in [0.25, 0.3) is 0 Å². The van der Waals surface area contributed by atoms with Crippen molar-refractivity contribution in [3.05, 3.63) is 27.3 Å². The molecule has 0 radical (unpaired) electrons. The molecule has 0 aliphatic carbocycles. The molecule has 2 rings (SSSR count). The van der Waals surface area contributed by atoms with Gasteiger partial charge in [-0.05, 0) is 47.9 Å². The monoisotopic (exact) mass is 318 g/mol. The van der Waals surface area contributed by atoms with Crippen molar-refractivity contribution >= 4 is 33.9 Å². The Bertz CT molecular complexity index is 417. The summed E-state index contributed by atoms with van der Waals surface area (Å²) in [5.74, 6) is 0. The zero-order valence-electron chi connectivity index (χ0n) is 8.07. The van der Waals surface area contributed by atoms with E-state index in [1.54, 1.807) is 11.3 Å². The highest BCUT2D eigenvalue weighted by Crippen LogP contribution is 2.28. The fraction of sp³-hybridized carbons (Fsp3) is 0.300. The highest BCUT2D eigenvalue weighted by molar-refractivity contribution is 14.1. The number of halogens is 1. The topological polar surface area (TPSA) is 17.8 Å². The van der Waals surface area contributed by atoms with Crippen LogP contribution in [0.5, 0.6) is 0 Å². The van der Waals surface area contributed by atoms with Crippen molar-refractivity contribution in [3.63, 3.8) is 0 Å². The minimum absolute atomic E-state index is 0.428. The molecule has 0 amide bonds. The first kappa shape index (κ1) is 10.2. The van der Waals surface area contributed by atoms with Crippen LogP contribution in [0.1, 0.15) is 19.9 Å². The molecule has 14 heavy (non-hydrogen) atoms. The summed E-state index contributed by atoms with van der Waals surface area (Å²) in [5.41, 5.74) is 1.11. The maximum atomic E-state index is 4.57. The van der Waals surface area contributed by atoms with Gasteiger partial charge in [0.1, 0.15) is 5.69 Å². The summed E-state index contributed by atoms with van der Waals surface area (Å²) in [6.45, 7) is 4.28. The molecule has 2 aromatic heterocycles. The number of hydrogen-bond acceptors (Lipinski definition) is 2. The van der Waals surface area contributed by atoms with Crippen molar-refractivity contribution in [1.82, 2.24) is 9.78 Å². The predicted molar refractivity (Wildman–Crippen MR) is 68.6 cm³/mol. The minimum atomic E-state index is 0.428. The van der Waals surface area contributed by atoms with Crippen LogP contribution >= 0.6 is 33.9 Å². The van der Waals surface area contributed by atoms with E-state index in [9.17, 15) is 0 Å². The van der Waals surface area contributed by atoms with Gasteiger partial charge >= 0.3 is 0 Å². The molecule has 0 saturated carbocycles. The second-order valence-corrected chi connectivity index (χ2v) is 5.49. The minimum Gasteiger partial charge on any atom is -0.269 e. The molecule has 0 saturated heterocycles. The lowest BCUT2D eigenvalue weighted by Gasteiger charge is -2.02. The molecule has 74 valence electrons. The summed E-state index contributed by atoms with van der Waals surface area (Å²) in [6.07, 6.45) is 2.10. The summed E-state index contributed by atoms with van der Waals surface area (Å²) in [6, 6.07) is 4.60. The van der Waals surface area contributed by atoms with Crippen molar-refractivity contribution in [2.45, 2.75) is 19.9 Å². The normalized spacial score (nSPS) is 11.1. The Labute approximate surface area is 101 Å². The molecule has 0 aliphatic rings. The maximum absolute atomic E-state index is 4.57. The molecule has 0 unspecified atom stereocenters. The van der Waals surface area contributed by atoms with E-state index >= 15 is 0 Å². The molecular weight excluding hydrogens is 307 g/mol. The van der Waals surface area contributed by atoms with Crippen molar-refractivity contribution in [3.8, 4) is 10.6 Å². The number of thiophene rings is 1. The first-order valence-electron chi connectivity index (χ1n) is 4.47. The van der Waals surface area contributed by atoms with Crippen molar-refractivity contribution < 1.29 is 0 Å². The van der Waals surface area contributed by atoms with Crippen LogP contribution in [0, 0.1) is 3.57 Å². The summed E-state index contributed by atoms with van der Waals surface area (Å²) < 4.78 is 3.23. The molecule has 4 heteroatoms. The van der Waals surface area contributed by atoms with Crippen LogP contribution in [0.15, 0.2) is 23.7 Å². The Balaban J connectivity index is 2.45. The van der Waals surface area contributed by atoms with Crippen LogP contribution < -0.4 is 0 Å². The Morgan fingerprint density at radius 3 is 2.79 bits per heavy atom. The highest BCUT2D eigenvalue weighted by atomic mass is 127. The standard InChI is InChI=1S/C10H11IN2S/c1-7(2)13-6-8(11)10(12-13)9-4-3-5-14-9/h3-7H,1-2H3. The van der Waals surface area contributed by atoms with Gasteiger partial charge in [-0.3, -0.25) is 4.68 Å². The van der Waals surface area contributed by atoms with Gasteiger partial charge in [0.05, 0.1) is 8.45 Å². The van der Waals surface area contributed by atoms with E-state index in [4.69, 9.17) is 0 Å². The summed E-state index contributed by atoms with van der Waals surface area (Å²) in [5, 5.41) is 6.65. The first-order valence-corrected chi connectivity index (χ1v) is 6.43. The number of hydrogen-bond donors (Lipinski definition) is 0. The lowest BCUT2D eigenvalue weighted by molar-refractivity contribution is 0.534. The van der Waals surface area contributed by atoms with Crippen LogP contribution in [-0.4, -0.2) is 9.78 Å². The quantitative estimate of drug-likeness (QED) is 0.770. The largest absolute Gasteiger partial charge is 0.269 e. The van der Waals surface area contributed by atoms with Crippen LogP contribution in [0.4, 0.5) is 0 Å². The highest BCUT2D eigenvalue weighted by Gasteiger charge is 2.10. The van der Waals surface area contributed by atoms with Gasteiger partial charge < -0.3 is 0 Å². The third-order valence-corrected chi connectivity index (χ3v) is 3.64. The molecular formula is C10H11IN2S. The third kappa shape index (κ3) is 1.86. The molecule has 2 heterocycles. The van der Waals surface area contributed by atoms with Crippen LogP contribution in [0.2, 0.25) is 0 Å². The van der Waals surface area contributed by atoms with E-state index in [0.717, 1.165) is 5.69 Å². The molecule has 2 nitrogen and oxygen atoms in total. The van der Waals surface area contributed by atoms with E-state index in [2.05, 4.69) is 65.2 Å². The Hall–Kier alpha value is -0.360. The number of rotatable bonds is 2. The Morgan fingerprint density at radius 1 is 1.50 bits per heavy atom. The molecule has 0 fully saturated rings. The average molecular weight is 318 g/mol. The lowest BCUT2D eigenvalue weighted by Crippen LogP contribution is -2.00. The fourth-order valence-electron chi connectivity index (χ4n) is 1.21. The van der Waals surface area contributed by atoms with Crippen LogP contribution in [-0.2, 0) is 0 Å². The van der Waals surface area contributed by atoms with Crippen LogP contribution in [0.3, 0.4) is 0 Å². The lowest BCUT2D eigenvalue weighted by atomic mass is 10.3. The zero-order chi connectivity index (χ0) is 10.1. The Morgan fingerprint density at radius 2 is 2.29 bits per heavy atom. The molecule has 0 atom stereocenters. The first-order chi connectivity index (χ1) is 6.68. The Kier molecular flexibility index (Phi) is 2.92. The maximum Gasteiger partial charge on any atom is 0.116 e. The van der Waals surface area contributed by atoms with E-state index in [1.165, 1.54) is 8.45 Å². The van der Waals surface area contributed by atoms with E-state index in [1.807, 2.05) is 4.68 Å². The van der Waals surface area contributed by atoms with Crippen molar-refractivity contribution in [1.29, 1.82) is 0 Å². The second kappa shape index (κ2) is 4.02. The third-order valence-electron chi connectivity index (χ3n) is 1.97.